The zero-order chi connectivity index (χ0) is 11.5. The van der Waals surface area contributed by atoms with E-state index in [4.69, 9.17) is 11.6 Å². The van der Waals surface area contributed by atoms with Crippen LogP contribution in [0.1, 0.15) is 12.5 Å². The molecule has 0 aliphatic heterocycles. The van der Waals surface area contributed by atoms with Crippen molar-refractivity contribution in [2.45, 2.75) is 6.92 Å². The van der Waals surface area contributed by atoms with Crippen molar-refractivity contribution in [1.29, 1.82) is 0 Å². The summed E-state index contributed by atoms with van der Waals surface area (Å²) in [4.78, 5) is 4.28. The quantitative estimate of drug-likeness (QED) is 0.877. The van der Waals surface area contributed by atoms with E-state index >= 15 is 0 Å². The predicted octanol–water partition coefficient (Wildman–Crippen LogP) is 3.47. The maximum absolute atomic E-state index is 6.10. The standard InChI is InChI=1S/C13H13ClN2/c1-3-15-9(2)10-7-8-16-13-11(10)5-4-6-12(13)14/h4-8,15H,2-3H2,1H3. The fraction of sp³-hybridized carbons (Fsp3) is 0.154. The molecule has 0 radical (unpaired) electrons. The largest absolute Gasteiger partial charge is 0.385 e. The fourth-order valence-corrected chi connectivity index (χ4v) is 1.94. The first-order valence-electron chi connectivity index (χ1n) is 5.20. The van der Waals surface area contributed by atoms with Gasteiger partial charge < -0.3 is 5.32 Å². The van der Waals surface area contributed by atoms with Gasteiger partial charge in [0, 0.05) is 29.4 Å². The van der Waals surface area contributed by atoms with Crippen LogP contribution in [0, 0.1) is 0 Å². The van der Waals surface area contributed by atoms with Crippen LogP contribution in [-0.2, 0) is 0 Å². The highest BCUT2D eigenvalue weighted by Crippen LogP contribution is 2.26. The van der Waals surface area contributed by atoms with Crippen molar-refractivity contribution in [3.05, 3.63) is 47.6 Å². The van der Waals surface area contributed by atoms with Gasteiger partial charge in [-0.05, 0) is 19.1 Å². The van der Waals surface area contributed by atoms with Crippen LogP contribution in [0.4, 0.5) is 0 Å². The van der Waals surface area contributed by atoms with Gasteiger partial charge in [0.2, 0.25) is 0 Å². The molecule has 1 N–H and O–H groups in total. The van der Waals surface area contributed by atoms with Gasteiger partial charge in [0.25, 0.3) is 0 Å². The lowest BCUT2D eigenvalue weighted by atomic mass is 10.1. The third-order valence-corrected chi connectivity index (χ3v) is 2.74. The fourth-order valence-electron chi connectivity index (χ4n) is 1.71. The molecule has 2 nitrogen and oxygen atoms in total. The molecule has 82 valence electrons. The van der Waals surface area contributed by atoms with Crippen molar-refractivity contribution in [3.8, 4) is 0 Å². The van der Waals surface area contributed by atoms with E-state index in [1.807, 2.05) is 31.2 Å². The third kappa shape index (κ3) is 1.89. The van der Waals surface area contributed by atoms with Crippen molar-refractivity contribution >= 4 is 28.2 Å². The number of halogens is 1. The monoisotopic (exact) mass is 232 g/mol. The van der Waals surface area contributed by atoms with Crippen LogP contribution in [0.25, 0.3) is 16.6 Å². The summed E-state index contributed by atoms with van der Waals surface area (Å²) >= 11 is 6.10. The van der Waals surface area contributed by atoms with Gasteiger partial charge in [-0.25, -0.2) is 0 Å². The molecule has 0 fully saturated rings. The highest BCUT2D eigenvalue weighted by Gasteiger charge is 2.06. The van der Waals surface area contributed by atoms with Crippen molar-refractivity contribution in [1.82, 2.24) is 10.3 Å². The molecular formula is C13H13ClN2. The molecular weight excluding hydrogens is 220 g/mol. The van der Waals surface area contributed by atoms with Gasteiger partial charge in [0.05, 0.1) is 10.5 Å². The number of benzene rings is 1. The lowest BCUT2D eigenvalue weighted by Crippen LogP contribution is -2.10. The van der Waals surface area contributed by atoms with E-state index in [2.05, 4.69) is 16.9 Å². The van der Waals surface area contributed by atoms with Crippen molar-refractivity contribution < 1.29 is 0 Å². The Morgan fingerprint density at radius 3 is 3.00 bits per heavy atom. The van der Waals surface area contributed by atoms with Crippen LogP contribution in [0.2, 0.25) is 5.02 Å². The number of nitrogens with one attached hydrogen (secondary N) is 1. The van der Waals surface area contributed by atoms with Crippen molar-refractivity contribution in [2.75, 3.05) is 6.54 Å². The van der Waals surface area contributed by atoms with E-state index in [9.17, 15) is 0 Å². The molecule has 0 bridgehead atoms. The first-order valence-corrected chi connectivity index (χ1v) is 5.58. The van der Waals surface area contributed by atoms with E-state index in [1.54, 1.807) is 6.20 Å². The maximum atomic E-state index is 6.10. The Morgan fingerprint density at radius 1 is 1.44 bits per heavy atom. The van der Waals surface area contributed by atoms with Gasteiger partial charge in [-0.1, -0.05) is 30.3 Å². The summed E-state index contributed by atoms with van der Waals surface area (Å²) in [5.74, 6) is 0. The Balaban J connectivity index is 2.62. The number of hydrogen-bond acceptors (Lipinski definition) is 2. The van der Waals surface area contributed by atoms with Crippen molar-refractivity contribution in [2.24, 2.45) is 0 Å². The summed E-state index contributed by atoms with van der Waals surface area (Å²) in [5.41, 5.74) is 2.77. The van der Waals surface area contributed by atoms with E-state index in [0.29, 0.717) is 5.02 Å². The molecule has 0 unspecified atom stereocenters. The summed E-state index contributed by atoms with van der Waals surface area (Å²) < 4.78 is 0. The topological polar surface area (TPSA) is 24.9 Å². The van der Waals surface area contributed by atoms with E-state index in [-0.39, 0.29) is 0 Å². The lowest BCUT2D eigenvalue weighted by molar-refractivity contribution is 0.943. The summed E-state index contributed by atoms with van der Waals surface area (Å²) in [7, 11) is 0. The number of para-hydroxylation sites is 1. The number of hydrogen-bond donors (Lipinski definition) is 1. The molecule has 0 atom stereocenters. The SMILES string of the molecule is C=C(NCC)c1ccnc2c(Cl)cccc12. The van der Waals surface area contributed by atoms with Crippen LogP contribution < -0.4 is 5.32 Å². The average Bonchev–Trinajstić information content (AvgIpc) is 2.29. The van der Waals surface area contributed by atoms with Gasteiger partial charge >= 0.3 is 0 Å². The molecule has 1 heterocycles. The third-order valence-electron chi connectivity index (χ3n) is 2.44. The summed E-state index contributed by atoms with van der Waals surface area (Å²) in [5, 5.41) is 4.91. The second-order valence-corrected chi connectivity index (χ2v) is 3.91. The normalized spacial score (nSPS) is 10.4. The molecule has 16 heavy (non-hydrogen) atoms. The molecule has 0 spiro atoms. The molecule has 2 aromatic rings. The van der Waals surface area contributed by atoms with Crippen LogP contribution in [0.3, 0.4) is 0 Å². The van der Waals surface area contributed by atoms with E-state index in [1.165, 1.54) is 0 Å². The van der Waals surface area contributed by atoms with Crippen molar-refractivity contribution in [3.63, 3.8) is 0 Å². The van der Waals surface area contributed by atoms with Crippen LogP contribution in [-0.4, -0.2) is 11.5 Å². The second-order valence-electron chi connectivity index (χ2n) is 3.50. The molecule has 2 rings (SSSR count). The number of fused-ring (bicyclic) bond motifs is 1. The highest BCUT2D eigenvalue weighted by molar-refractivity contribution is 6.35. The molecule has 0 amide bonds. The molecule has 0 aliphatic carbocycles. The van der Waals surface area contributed by atoms with Gasteiger partial charge in [-0.3, -0.25) is 4.98 Å². The Bertz CT molecular complexity index is 534. The minimum absolute atomic E-state index is 0.670. The summed E-state index contributed by atoms with van der Waals surface area (Å²) in [6.07, 6.45) is 1.76. The molecule has 3 heteroatoms. The van der Waals surface area contributed by atoms with E-state index in [0.717, 1.165) is 28.7 Å². The predicted molar refractivity (Wildman–Crippen MR) is 69.5 cm³/mol. The Hall–Kier alpha value is -1.54. The highest BCUT2D eigenvalue weighted by atomic mass is 35.5. The number of nitrogens with zero attached hydrogens (tertiary/aromatic N) is 1. The zero-order valence-corrected chi connectivity index (χ0v) is 9.88. The first kappa shape index (κ1) is 11.0. The van der Waals surface area contributed by atoms with Crippen LogP contribution >= 0.6 is 11.6 Å². The van der Waals surface area contributed by atoms with Crippen LogP contribution in [0.15, 0.2) is 37.0 Å². The summed E-state index contributed by atoms with van der Waals surface area (Å²) in [6, 6.07) is 7.72. The molecule has 0 aliphatic rings. The van der Waals surface area contributed by atoms with Gasteiger partial charge in [-0.2, -0.15) is 0 Å². The second kappa shape index (κ2) is 4.54. The minimum Gasteiger partial charge on any atom is -0.385 e. The first-order chi connectivity index (χ1) is 7.74. The Kier molecular flexibility index (Phi) is 3.11. The number of aromatic nitrogens is 1. The number of pyridine rings is 1. The Morgan fingerprint density at radius 2 is 2.25 bits per heavy atom. The van der Waals surface area contributed by atoms with Crippen LogP contribution in [0.5, 0.6) is 0 Å². The minimum atomic E-state index is 0.670. The molecule has 0 saturated carbocycles. The summed E-state index contributed by atoms with van der Waals surface area (Å²) in [6.45, 7) is 6.91. The lowest BCUT2D eigenvalue weighted by Gasteiger charge is -2.10. The smallest absolute Gasteiger partial charge is 0.0894 e. The average molecular weight is 233 g/mol. The Labute approximate surface area is 100.0 Å². The molecule has 1 aromatic heterocycles. The van der Waals surface area contributed by atoms with E-state index < -0.39 is 0 Å². The van der Waals surface area contributed by atoms with Gasteiger partial charge in [0.15, 0.2) is 0 Å². The van der Waals surface area contributed by atoms with Gasteiger partial charge in [-0.15, -0.1) is 0 Å². The maximum Gasteiger partial charge on any atom is 0.0894 e. The molecule has 0 saturated heterocycles. The van der Waals surface area contributed by atoms with Gasteiger partial charge in [0.1, 0.15) is 0 Å². The molecule has 1 aromatic carbocycles. The number of rotatable bonds is 3. The zero-order valence-electron chi connectivity index (χ0n) is 9.13.